The van der Waals surface area contributed by atoms with Gasteiger partial charge in [0.1, 0.15) is 11.9 Å². The van der Waals surface area contributed by atoms with Gasteiger partial charge >= 0.3 is 0 Å². The Bertz CT molecular complexity index is 523. The van der Waals surface area contributed by atoms with Gasteiger partial charge in [0.15, 0.2) is 0 Å². The number of hydrogen-bond donors (Lipinski definition) is 1. The third kappa shape index (κ3) is 2.80. The normalized spacial score (nSPS) is 10.4. The maximum absolute atomic E-state index is 5.25. The van der Waals surface area contributed by atoms with E-state index in [4.69, 9.17) is 4.74 Å². The first-order chi connectivity index (χ1) is 8.70. The molecule has 0 spiro atoms. The molecule has 1 radical (unpaired) electrons. The molecule has 0 bridgehead atoms. The van der Waals surface area contributed by atoms with Crippen molar-refractivity contribution in [1.82, 2.24) is 4.98 Å². The molecular formula is C15H17N2O. The van der Waals surface area contributed by atoms with Crippen molar-refractivity contribution in [2.24, 2.45) is 0 Å². The lowest BCUT2D eigenvalue weighted by molar-refractivity contribution is 0.415. The van der Waals surface area contributed by atoms with Crippen LogP contribution in [0.4, 0.5) is 5.69 Å². The predicted molar refractivity (Wildman–Crippen MR) is 73.8 cm³/mol. The second-order valence-electron chi connectivity index (χ2n) is 4.38. The van der Waals surface area contributed by atoms with Gasteiger partial charge in [0.05, 0.1) is 12.8 Å². The number of ether oxygens (including phenoxy) is 1. The zero-order valence-electron chi connectivity index (χ0n) is 10.9. The van der Waals surface area contributed by atoms with Gasteiger partial charge in [-0.05, 0) is 37.6 Å². The van der Waals surface area contributed by atoms with Crippen LogP contribution in [-0.2, 0) is 0 Å². The smallest absolute Gasteiger partial charge is 0.119 e. The number of hydrogen-bond acceptors (Lipinski definition) is 3. The zero-order valence-corrected chi connectivity index (χ0v) is 10.9. The Hall–Kier alpha value is -2.03. The number of aromatic nitrogens is 1. The highest BCUT2D eigenvalue weighted by Crippen LogP contribution is 2.29. The monoisotopic (exact) mass is 241 g/mol. The molecule has 2 aromatic rings. The predicted octanol–water partition coefficient (Wildman–Crippen LogP) is 3.38. The topological polar surface area (TPSA) is 34.1 Å². The second-order valence-corrected chi connectivity index (χ2v) is 4.38. The highest BCUT2D eigenvalue weighted by Gasteiger charge is 2.07. The molecule has 0 atom stereocenters. The van der Waals surface area contributed by atoms with Crippen LogP contribution in [0.3, 0.4) is 0 Å². The number of pyridine rings is 1. The maximum atomic E-state index is 5.25. The number of anilines is 1. The molecule has 1 N–H and O–H groups in total. The summed E-state index contributed by atoms with van der Waals surface area (Å²) in [5.41, 5.74) is 3.09. The summed E-state index contributed by atoms with van der Waals surface area (Å²) in [6.45, 7) is 4.19. The van der Waals surface area contributed by atoms with Gasteiger partial charge in [0.25, 0.3) is 0 Å². The zero-order chi connectivity index (χ0) is 13.0. The fourth-order valence-corrected chi connectivity index (χ4v) is 1.79. The van der Waals surface area contributed by atoms with E-state index in [2.05, 4.69) is 36.4 Å². The minimum Gasteiger partial charge on any atom is -0.497 e. The third-order valence-corrected chi connectivity index (χ3v) is 2.58. The summed E-state index contributed by atoms with van der Waals surface area (Å²) >= 11 is 0. The Kier molecular flexibility index (Phi) is 3.82. The number of nitrogens with zero attached hydrogens (tertiary/aromatic N) is 1. The summed E-state index contributed by atoms with van der Waals surface area (Å²) < 4.78 is 5.25. The van der Waals surface area contributed by atoms with Crippen LogP contribution in [0, 0.1) is 6.20 Å². The van der Waals surface area contributed by atoms with Gasteiger partial charge in [0, 0.05) is 17.8 Å². The minimum atomic E-state index is 0.342. The highest BCUT2D eigenvalue weighted by molar-refractivity contribution is 5.77. The number of rotatable bonds is 4. The molecule has 18 heavy (non-hydrogen) atoms. The summed E-state index contributed by atoms with van der Waals surface area (Å²) in [4.78, 5) is 4.05. The van der Waals surface area contributed by atoms with Gasteiger partial charge in [-0.1, -0.05) is 12.1 Å². The fourth-order valence-electron chi connectivity index (χ4n) is 1.79. The van der Waals surface area contributed by atoms with E-state index < -0.39 is 0 Å². The minimum absolute atomic E-state index is 0.342. The van der Waals surface area contributed by atoms with Crippen molar-refractivity contribution < 1.29 is 4.74 Å². The molecule has 1 aromatic carbocycles. The second kappa shape index (κ2) is 5.54. The Balaban J connectivity index is 2.42. The lowest BCUT2D eigenvalue weighted by Crippen LogP contribution is -2.10. The summed E-state index contributed by atoms with van der Waals surface area (Å²) in [7, 11) is 1.67. The number of benzene rings is 1. The Labute approximate surface area is 108 Å². The van der Waals surface area contributed by atoms with Crippen LogP contribution in [-0.4, -0.2) is 18.1 Å². The first-order valence-electron chi connectivity index (χ1n) is 5.98. The van der Waals surface area contributed by atoms with Crippen LogP contribution in [0.25, 0.3) is 11.1 Å². The van der Waals surface area contributed by atoms with Crippen LogP contribution < -0.4 is 10.1 Å². The van der Waals surface area contributed by atoms with Crippen LogP contribution in [0.1, 0.15) is 13.8 Å². The highest BCUT2D eigenvalue weighted by atomic mass is 16.5. The molecule has 1 aromatic heterocycles. The van der Waals surface area contributed by atoms with Crippen molar-refractivity contribution in [3.63, 3.8) is 0 Å². The molecule has 0 aliphatic heterocycles. The van der Waals surface area contributed by atoms with E-state index in [1.54, 1.807) is 13.3 Å². The van der Waals surface area contributed by atoms with Crippen molar-refractivity contribution in [3.05, 3.63) is 42.7 Å². The van der Waals surface area contributed by atoms with E-state index in [0.29, 0.717) is 6.04 Å². The van der Waals surface area contributed by atoms with E-state index in [1.807, 2.05) is 24.3 Å². The van der Waals surface area contributed by atoms with Crippen LogP contribution in [0.15, 0.2) is 36.5 Å². The van der Waals surface area contributed by atoms with E-state index >= 15 is 0 Å². The van der Waals surface area contributed by atoms with Crippen molar-refractivity contribution in [2.45, 2.75) is 19.9 Å². The van der Waals surface area contributed by atoms with Crippen LogP contribution in [0.5, 0.6) is 5.75 Å². The first-order valence-corrected chi connectivity index (χ1v) is 5.98. The molecule has 2 rings (SSSR count). The average molecular weight is 241 g/mol. The quantitative estimate of drug-likeness (QED) is 0.891. The number of nitrogens with one attached hydrogen (secondary N) is 1. The van der Waals surface area contributed by atoms with E-state index in [1.165, 1.54) is 0 Å². The van der Waals surface area contributed by atoms with Gasteiger partial charge < -0.3 is 10.1 Å². The van der Waals surface area contributed by atoms with E-state index in [9.17, 15) is 0 Å². The SMILES string of the molecule is COc1cccc(-c2ccn[c]c2NC(C)C)c1. The van der Waals surface area contributed by atoms with Gasteiger partial charge in [-0.25, -0.2) is 0 Å². The van der Waals surface area contributed by atoms with E-state index in [0.717, 1.165) is 22.6 Å². The molecule has 1 heterocycles. The van der Waals surface area contributed by atoms with Crippen molar-refractivity contribution in [1.29, 1.82) is 0 Å². The van der Waals surface area contributed by atoms with Gasteiger partial charge in [-0.15, -0.1) is 0 Å². The van der Waals surface area contributed by atoms with Gasteiger partial charge in [-0.3, -0.25) is 4.98 Å². The molecule has 0 saturated heterocycles. The van der Waals surface area contributed by atoms with Crippen molar-refractivity contribution >= 4 is 5.69 Å². The molecule has 0 unspecified atom stereocenters. The molecule has 0 saturated carbocycles. The maximum Gasteiger partial charge on any atom is 0.119 e. The molecule has 0 aliphatic carbocycles. The molecular weight excluding hydrogens is 224 g/mol. The van der Waals surface area contributed by atoms with Crippen molar-refractivity contribution in [2.75, 3.05) is 12.4 Å². The van der Waals surface area contributed by atoms with Crippen LogP contribution >= 0.6 is 0 Å². The third-order valence-electron chi connectivity index (χ3n) is 2.58. The standard InChI is InChI=1S/C15H17N2O/c1-11(2)17-15-10-16-8-7-14(15)12-5-4-6-13(9-12)18-3/h4-9,11,17H,1-3H3. The lowest BCUT2D eigenvalue weighted by Gasteiger charge is -2.14. The number of methoxy groups -OCH3 is 1. The molecule has 0 fully saturated rings. The molecule has 93 valence electrons. The largest absolute Gasteiger partial charge is 0.497 e. The van der Waals surface area contributed by atoms with Gasteiger partial charge in [0.2, 0.25) is 0 Å². The van der Waals surface area contributed by atoms with Gasteiger partial charge in [-0.2, -0.15) is 0 Å². The van der Waals surface area contributed by atoms with Crippen LogP contribution in [0.2, 0.25) is 0 Å². The summed E-state index contributed by atoms with van der Waals surface area (Å²) in [5, 5.41) is 3.35. The molecule has 0 aliphatic rings. The Morgan fingerprint density at radius 1 is 1.28 bits per heavy atom. The van der Waals surface area contributed by atoms with Crippen molar-refractivity contribution in [3.8, 4) is 16.9 Å². The van der Waals surface area contributed by atoms with E-state index in [-0.39, 0.29) is 0 Å². The first kappa shape index (κ1) is 12.4. The fraction of sp³-hybridized carbons (Fsp3) is 0.267. The summed E-state index contributed by atoms with van der Waals surface area (Å²) in [6.07, 6.45) is 4.75. The summed E-state index contributed by atoms with van der Waals surface area (Å²) in [6, 6.07) is 10.3. The average Bonchev–Trinajstić information content (AvgIpc) is 2.39. The summed E-state index contributed by atoms with van der Waals surface area (Å²) in [5.74, 6) is 0.847. The molecule has 0 amide bonds. The Morgan fingerprint density at radius 2 is 2.11 bits per heavy atom. The molecule has 3 heteroatoms. The Morgan fingerprint density at radius 3 is 2.83 bits per heavy atom. The lowest BCUT2D eigenvalue weighted by atomic mass is 10.0. The molecule has 3 nitrogen and oxygen atoms in total.